The summed E-state index contributed by atoms with van der Waals surface area (Å²) in [5, 5.41) is 3.40. The highest BCUT2D eigenvalue weighted by molar-refractivity contribution is 7.92. The molecule has 0 unspecified atom stereocenters. The molecule has 0 aromatic heterocycles. The number of hydrogen-bond acceptors (Lipinski definition) is 3. The minimum Gasteiger partial charge on any atom is -0.348 e. The monoisotopic (exact) mass is 442 g/mol. The van der Waals surface area contributed by atoms with Crippen LogP contribution in [0.25, 0.3) is 0 Å². The highest BCUT2D eigenvalue weighted by Gasteiger charge is 2.23. The van der Waals surface area contributed by atoms with Gasteiger partial charge in [-0.25, -0.2) is 8.42 Å². The van der Waals surface area contributed by atoms with E-state index in [-0.39, 0.29) is 17.3 Å². The first-order valence-corrected chi connectivity index (χ1v) is 11.2. The van der Waals surface area contributed by atoms with Crippen LogP contribution in [0, 0.1) is 13.8 Å². The maximum absolute atomic E-state index is 13.0. The van der Waals surface area contributed by atoms with Gasteiger partial charge in [0.25, 0.3) is 15.9 Å². The van der Waals surface area contributed by atoms with E-state index in [9.17, 15) is 13.2 Å². The van der Waals surface area contributed by atoms with Crippen LogP contribution in [-0.2, 0) is 16.6 Å². The summed E-state index contributed by atoms with van der Waals surface area (Å²) < 4.78 is 27.3. The average molecular weight is 443 g/mol. The second kappa shape index (κ2) is 8.90. The van der Waals surface area contributed by atoms with Crippen molar-refractivity contribution in [3.05, 3.63) is 94.0 Å². The molecular formula is C23H23ClN2O3S. The van der Waals surface area contributed by atoms with Gasteiger partial charge >= 0.3 is 0 Å². The average Bonchev–Trinajstić information content (AvgIpc) is 2.73. The predicted molar refractivity (Wildman–Crippen MR) is 121 cm³/mol. The summed E-state index contributed by atoms with van der Waals surface area (Å²) >= 11 is 6.13. The van der Waals surface area contributed by atoms with E-state index in [4.69, 9.17) is 11.6 Å². The van der Waals surface area contributed by atoms with E-state index in [0.29, 0.717) is 16.3 Å². The maximum atomic E-state index is 13.0. The van der Waals surface area contributed by atoms with Crippen molar-refractivity contribution in [2.45, 2.75) is 25.3 Å². The van der Waals surface area contributed by atoms with Crippen LogP contribution >= 0.6 is 11.6 Å². The smallest absolute Gasteiger partial charge is 0.264 e. The zero-order valence-corrected chi connectivity index (χ0v) is 18.6. The first-order valence-electron chi connectivity index (χ1n) is 9.38. The third-order valence-corrected chi connectivity index (χ3v) is 7.04. The van der Waals surface area contributed by atoms with Crippen molar-refractivity contribution >= 4 is 33.2 Å². The lowest BCUT2D eigenvalue weighted by Gasteiger charge is -2.22. The molecule has 30 heavy (non-hydrogen) atoms. The van der Waals surface area contributed by atoms with Crippen molar-refractivity contribution in [2.24, 2.45) is 0 Å². The molecule has 7 heteroatoms. The SMILES string of the molecule is Cc1ccc(S(=O)(=O)N(C)c2cc(C(=O)NCc3ccccc3Cl)ccc2C)cc1. The summed E-state index contributed by atoms with van der Waals surface area (Å²) in [5.74, 6) is -0.308. The number of sulfonamides is 1. The number of amides is 1. The van der Waals surface area contributed by atoms with Gasteiger partial charge in [-0.2, -0.15) is 0 Å². The van der Waals surface area contributed by atoms with Gasteiger partial charge in [0, 0.05) is 24.2 Å². The van der Waals surface area contributed by atoms with Gasteiger partial charge in [-0.15, -0.1) is 0 Å². The fourth-order valence-corrected chi connectivity index (χ4v) is 4.46. The Bertz CT molecular complexity index is 1180. The lowest BCUT2D eigenvalue weighted by atomic mass is 10.1. The molecule has 3 aromatic rings. The molecule has 5 nitrogen and oxygen atoms in total. The van der Waals surface area contributed by atoms with Crippen molar-refractivity contribution in [1.82, 2.24) is 5.32 Å². The van der Waals surface area contributed by atoms with Crippen LogP contribution in [0.5, 0.6) is 0 Å². The van der Waals surface area contributed by atoms with Crippen LogP contribution in [-0.4, -0.2) is 21.4 Å². The molecule has 0 bridgehead atoms. The molecule has 0 saturated heterocycles. The Morgan fingerprint density at radius 1 is 1.00 bits per heavy atom. The number of halogens is 1. The molecule has 0 aliphatic carbocycles. The Hall–Kier alpha value is -2.83. The van der Waals surface area contributed by atoms with E-state index in [2.05, 4.69) is 5.32 Å². The van der Waals surface area contributed by atoms with E-state index >= 15 is 0 Å². The van der Waals surface area contributed by atoms with Crippen LogP contribution in [0.4, 0.5) is 5.69 Å². The van der Waals surface area contributed by atoms with Gasteiger partial charge in [-0.3, -0.25) is 9.10 Å². The highest BCUT2D eigenvalue weighted by Crippen LogP contribution is 2.27. The number of nitrogens with zero attached hydrogens (tertiary/aromatic N) is 1. The van der Waals surface area contributed by atoms with Gasteiger partial charge in [-0.1, -0.05) is 53.6 Å². The summed E-state index contributed by atoms with van der Waals surface area (Å²) in [6.07, 6.45) is 0. The number of anilines is 1. The van der Waals surface area contributed by atoms with E-state index in [0.717, 1.165) is 16.7 Å². The molecule has 0 saturated carbocycles. The van der Waals surface area contributed by atoms with Crippen molar-refractivity contribution in [2.75, 3.05) is 11.4 Å². The molecule has 1 N–H and O–H groups in total. The summed E-state index contributed by atoms with van der Waals surface area (Å²) in [7, 11) is -2.26. The van der Waals surface area contributed by atoms with Crippen LogP contribution in [0.3, 0.4) is 0 Å². The van der Waals surface area contributed by atoms with Gasteiger partial charge in [-0.05, 0) is 55.3 Å². The van der Waals surface area contributed by atoms with Crippen LogP contribution in [0.2, 0.25) is 5.02 Å². The van der Waals surface area contributed by atoms with E-state index in [1.54, 1.807) is 48.5 Å². The minimum atomic E-state index is -3.75. The topological polar surface area (TPSA) is 66.5 Å². The van der Waals surface area contributed by atoms with E-state index in [1.165, 1.54) is 11.4 Å². The van der Waals surface area contributed by atoms with Crippen LogP contribution in [0.1, 0.15) is 27.0 Å². The molecule has 156 valence electrons. The Morgan fingerprint density at radius 3 is 2.33 bits per heavy atom. The van der Waals surface area contributed by atoms with Crippen molar-refractivity contribution in [1.29, 1.82) is 0 Å². The Morgan fingerprint density at radius 2 is 1.67 bits per heavy atom. The number of aryl methyl sites for hydroxylation is 2. The fraction of sp³-hybridized carbons (Fsp3) is 0.174. The Kier molecular flexibility index (Phi) is 6.48. The quantitative estimate of drug-likeness (QED) is 0.601. The second-order valence-corrected chi connectivity index (χ2v) is 9.44. The number of nitrogens with one attached hydrogen (secondary N) is 1. The first-order chi connectivity index (χ1) is 14.2. The number of hydrogen-bond donors (Lipinski definition) is 1. The zero-order valence-electron chi connectivity index (χ0n) is 17.0. The summed E-state index contributed by atoms with van der Waals surface area (Å²) in [6, 6.07) is 18.9. The third-order valence-electron chi connectivity index (χ3n) is 4.89. The molecule has 0 radical (unpaired) electrons. The third kappa shape index (κ3) is 4.66. The van der Waals surface area contributed by atoms with E-state index < -0.39 is 10.0 Å². The molecule has 0 aliphatic heterocycles. The summed E-state index contributed by atoms with van der Waals surface area (Å²) in [6.45, 7) is 3.98. The Balaban J connectivity index is 1.84. The van der Waals surface area contributed by atoms with Gasteiger partial charge < -0.3 is 5.32 Å². The van der Waals surface area contributed by atoms with Crippen LogP contribution in [0.15, 0.2) is 71.6 Å². The number of carbonyl (C=O) groups excluding carboxylic acids is 1. The number of rotatable bonds is 6. The standard InChI is InChI=1S/C23H23ClN2O3S/c1-16-8-12-20(13-9-16)30(28,29)26(3)22-14-18(11-10-17(22)2)23(27)25-15-19-6-4-5-7-21(19)24/h4-14H,15H2,1-3H3,(H,25,27). The maximum Gasteiger partial charge on any atom is 0.264 e. The van der Waals surface area contributed by atoms with Crippen molar-refractivity contribution < 1.29 is 13.2 Å². The Labute approximate surface area is 182 Å². The molecule has 0 atom stereocenters. The van der Waals surface area contributed by atoms with Gasteiger partial charge in [0.15, 0.2) is 0 Å². The summed E-state index contributed by atoms with van der Waals surface area (Å²) in [4.78, 5) is 12.8. The predicted octanol–water partition coefficient (Wildman–Crippen LogP) is 4.71. The van der Waals surface area contributed by atoms with Gasteiger partial charge in [0.05, 0.1) is 10.6 Å². The molecule has 3 aromatic carbocycles. The zero-order chi connectivity index (χ0) is 21.9. The lowest BCUT2D eigenvalue weighted by molar-refractivity contribution is 0.0951. The minimum absolute atomic E-state index is 0.198. The van der Waals surface area contributed by atoms with Gasteiger partial charge in [0.1, 0.15) is 0 Å². The van der Waals surface area contributed by atoms with Crippen LogP contribution < -0.4 is 9.62 Å². The van der Waals surface area contributed by atoms with Gasteiger partial charge in [0.2, 0.25) is 0 Å². The van der Waals surface area contributed by atoms with Crippen molar-refractivity contribution in [3.8, 4) is 0 Å². The molecular weight excluding hydrogens is 420 g/mol. The van der Waals surface area contributed by atoms with E-state index in [1.807, 2.05) is 32.0 Å². The lowest BCUT2D eigenvalue weighted by Crippen LogP contribution is -2.28. The molecule has 0 heterocycles. The first kappa shape index (κ1) is 21.9. The van der Waals surface area contributed by atoms with Crippen molar-refractivity contribution in [3.63, 3.8) is 0 Å². The molecule has 0 aliphatic rings. The number of carbonyl (C=O) groups is 1. The largest absolute Gasteiger partial charge is 0.348 e. The molecule has 3 rings (SSSR count). The summed E-state index contributed by atoms with van der Waals surface area (Å²) in [5.41, 5.74) is 3.34. The molecule has 0 fully saturated rings. The molecule has 1 amide bonds. The number of benzene rings is 3. The highest BCUT2D eigenvalue weighted by atomic mass is 35.5. The fourth-order valence-electron chi connectivity index (χ4n) is 3.01. The second-order valence-electron chi connectivity index (χ2n) is 7.06. The molecule has 0 spiro atoms. The normalized spacial score (nSPS) is 11.2.